The van der Waals surface area contributed by atoms with Crippen molar-refractivity contribution < 1.29 is 38.8 Å². The maximum Gasteiger partial charge on any atom is 0.335 e. The van der Waals surface area contributed by atoms with Crippen LogP contribution in [0.4, 0.5) is 0 Å². The van der Waals surface area contributed by atoms with Gasteiger partial charge in [0.15, 0.2) is 0 Å². The van der Waals surface area contributed by atoms with E-state index in [0.717, 1.165) is 0 Å². The molecule has 4 heterocycles. The SMILES string of the molecule is CC(NC(CC1C2(CO2)C(NC(C)C(=O)N2CCOCC2)CC2[C@]1(C)CC[C@@H](O)[C@@]2(C)CO)C1=CCOC1=O)C(=O)NC1=NCC=N1. The molecule has 7 unspecified atom stereocenters. The van der Waals surface area contributed by atoms with Crippen molar-refractivity contribution in [2.75, 3.05) is 52.7 Å². The normalized spacial score (nSPS) is 38.3. The Balaban J connectivity index is 1.31. The molecule has 0 radical (unpaired) electrons. The number of cyclic esters (lactones) is 1. The molecular weight excluding hydrogens is 608 g/mol. The zero-order chi connectivity index (χ0) is 33.6. The van der Waals surface area contributed by atoms with E-state index in [1.165, 1.54) is 0 Å². The summed E-state index contributed by atoms with van der Waals surface area (Å²) in [5, 5.41) is 31.9. The first-order valence-corrected chi connectivity index (χ1v) is 17.0. The highest BCUT2D eigenvalue weighted by molar-refractivity contribution is 6.04. The van der Waals surface area contributed by atoms with Crippen molar-refractivity contribution in [2.45, 2.75) is 89.3 Å². The van der Waals surface area contributed by atoms with Crippen LogP contribution in [0.3, 0.4) is 0 Å². The summed E-state index contributed by atoms with van der Waals surface area (Å²) < 4.78 is 17.2. The zero-order valence-corrected chi connectivity index (χ0v) is 27.9. The highest BCUT2D eigenvalue weighted by Gasteiger charge is 2.71. The van der Waals surface area contributed by atoms with Crippen molar-refractivity contribution in [3.63, 3.8) is 0 Å². The van der Waals surface area contributed by atoms with E-state index < -0.39 is 46.6 Å². The Morgan fingerprint density at radius 2 is 1.94 bits per heavy atom. The predicted octanol–water partition coefficient (Wildman–Crippen LogP) is -0.467. The van der Waals surface area contributed by atoms with Crippen LogP contribution in [0.2, 0.25) is 0 Å². The van der Waals surface area contributed by atoms with Gasteiger partial charge in [-0.25, -0.2) is 14.8 Å². The Hall–Kier alpha value is -2.75. The number of carbonyl (C=O) groups excluding carboxylic acids is 3. The average molecular weight is 659 g/mol. The van der Waals surface area contributed by atoms with Gasteiger partial charge in [-0.3, -0.25) is 20.2 Å². The van der Waals surface area contributed by atoms with E-state index in [9.17, 15) is 24.6 Å². The van der Waals surface area contributed by atoms with E-state index in [4.69, 9.17) is 14.2 Å². The van der Waals surface area contributed by atoms with Crippen molar-refractivity contribution in [2.24, 2.45) is 32.7 Å². The molecule has 4 aliphatic heterocycles. The Morgan fingerprint density at radius 1 is 1.19 bits per heavy atom. The van der Waals surface area contributed by atoms with Gasteiger partial charge >= 0.3 is 5.97 Å². The second-order valence-electron chi connectivity index (χ2n) is 14.6. The predicted molar refractivity (Wildman–Crippen MR) is 172 cm³/mol. The van der Waals surface area contributed by atoms with Gasteiger partial charge in [0.2, 0.25) is 17.8 Å². The summed E-state index contributed by atoms with van der Waals surface area (Å²) in [6.07, 6.45) is 4.94. The standard InChI is InChI=1S/C33H50N6O8/c1-19(27(42)38-30-34-8-9-35-30)36-22(21-6-12-46-29(21)44)15-24-31(3)7-5-26(41)32(4,17-40)23(31)16-25(33(24)18-47-33)37-20(2)28(43)39-10-13-45-14-11-39/h6,8,19-20,22-26,36-37,40-41H,5,7,9-18H2,1-4H3,(H,35,38,42)/t19?,20?,22?,23?,24?,25?,26-,31+,32+,33?/m1/s1. The van der Waals surface area contributed by atoms with Crippen molar-refractivity contribution in [1.29, 1.82) is 0 Å². The van der Waals surface area contributed by atoms with E-state index in [-0.39, 0.29) is 48.9 Å². The maximum atomic E-state index is 13.5. The third-order valence-corrected chi connectivity index (χ3v) is 11.9. The molecule has 4 fully saturated rings. The third kappa shape index (κ3) is 6.28. The summed E-state index contributed by atoms with van der Waals surface area (Å²) in [6, 6.07) is -2.01. The fourth-order valence-electron chi connectivity index (χ4n) is 9.08. The summed E-state index contributed by atoms with van der Waals surface area (Å²) in [5.74, 6) is -0.796. The Bertz CT molecular complexity index is 1330. The number of guanidine groups is 1. The van der Waals surface area contributed by atoms with E-state index in [0.29, 0.717) is 70.7 Å². The van der Waals surface area contributed by atoms with Crippen LogP contribution >= 0.6 is 0 Å². The van der Waals surface area contributed by atoms with Gasteiger partial charge in [0.1, 0.15) is 12.2 Å². The smallest absolute Gasteiger partial charge is 0.335 e. The van der Waals surface area contributed by atoms with Crippen LogP contribution in [0.15, 0.2) is 21.6 Å². The fourth-order valence-corrected chi connectivity index (χ4v) is 9.08. The second kappa shape index (κ2) is 13.3. The quantitative estimate of drug-likeness (QED) is 0.152. The number of aliphatic imine (C=N–C) groups is 2. The van der Waals surface area contributed by atoms with E-state index >= 15 is 0 Å². The van der Waals surface area contributed by atoms with Gasteiger partial charge in [0, 0.05) is 36.8 Å². The molecule has 14 nitrogen and oxygen atoms in total. The lowest BCUT2D eigenvalue weighted by atomic mass is 9.43. The molecular formula is C33H50N6O8. The number of fused-ring (bicyclic) bond motifs is 1. The van der Waals surface area contributed by atoms with Gasteiger partial charge in [0.05, 0.1) is 56.7 Å². The van der Waals surface area contributed by atoms with Gasteiger partial charge in [-0.05, 0) is 62.9 Å². The summed E-state index contributed by atoms with van der Waals surface area (Å²) in [6.45, 7) is 10.7. The number of amides is 2. The van der Waals surface area contributed by atoms with E-state index in [1.807, 2.05) is 18.7 Å². The monoisotopic (exact) mass is 658 g/mol. The van der Waals surface area contributed by atoms with Gasteiger partial charge < -0.3 is 34.6 Å². The summed E-state index contributed by atoms with van der Waals surface area (Å²) in [5.41, 5.74) is -1.37. The molecule has 0 aromatic rings. The zero-order valence-electron chi connectivity index (χ0n) is 27.9. The summed E-state index contributed by atoms with van der Waals surface area (Å²) in [4.78, 5) is 49.8. The number of carbonyl (C=O) groups is 3. The molecule has 14 heteroatoms. The Morgan fingerprint density at radius 3 is 2.55 bits per heavy atom. The van der Waals surface area contributed by atoms with Crippen LogP contribution in [0.5, 0.6) is 0 Å². The first-order chi connectivity index (χ1) is 22.4. The van der Waals surface area contributed by atoms with Crippen LogP contribution < -0.4 is 16.0 Å². The lowest BCUT2D eigenvalue weighted by Crippen LogP contribution is -2.68. The number of hydrogen-bond acceptors (Lipinski definition) is 12. The van der Waals surface area contributed by atoms with Crippen LogP contribution in [0, 0.1) is 22.7 Å². The van der Waals surface area contributed by atoms with Crippen molar-refractivity contribution >= 4 is 30.0 Å². The summed E-state index contributed by atoms with van der Waals surface area (Å²) >= 11 is 0. The molecule has 47 heavy (non-hydrogen) atoms. The first kappa shape index (κ1) is 34.1. The number of epoxide rings is 1. The van der Waals surface area contributed by atoms with Crippen LogP contribution in [-0.4, -0.2) is 134 Å². The Kier molecular flexibility index (Phi) is 9.64. The molecule has 1 spiro atoms. The molecule has 2 amide bonds. The van der Waals surface area contributed by atoms with E-state index in [1.54, 1.807) is 19.2 Å². The van der Waals surface area contributed by atoms with Gasteiger partial charge in [-0.1, -0.05) is 13.8 Å². The maximum absolute atomic E-state index is 13.5. The molecule has 0 bridgehead atoms. The van der Waals surface area contributed by atoms with Gasteiger partial charge in [-0.2, -0.15) is 0 Å². The fraction of sp³-hybridized carbons (Fsp3) is 0.788. The second-order valence-corrected chi connectivity index (χ2v) is 14.6. The molecule has 5 N–H and O–H groups in total. The minimum atomic E-state index is -0.788. The highest BCUT2D eigenvalue weighted by atomic mass is 16.6. The number of aliphatic hydroxyl groups excluding tert-OH is 2. The highest BCUT2D eigenvalue weighted by Crippen LogP contribution is 2.66. The van der Waals surface area contributed by atoms with Crippen molar-refractivity contribution in [3.05, 3.63) is 11.6 Å². The minimum Gasteiger partial charge on any atom is -0.458 e. The molecule has 6 aliphatic rings. The number of esters is 1. The molecule has 6 rings (SSSR count). The van der Waals surface area contributed by atoms with Crippen LogP contribution in [0.1, 0.15) is 53.4 Å². The van der Waals surface area contributed by atoms with Gasteiger partial charge in [0.25, 0.3) is 0 Å². The largest absolute Gasteiger partial charge is 0.458 e. The molecule has 0 aromatic heterocycles. The molecule has 2 saturated heterocycles. The Labute approximate surface area is 275 Å². The first-order valence-electron chi connectivity index (χ1n) is 17.0. The molecule has 260 valence electrons. The topological polar surface area (TPSA) is 187 Å². The van der Waals surface area contributed by atoms with Gasteiger partial charge in [-0.15, -0.1) is 0 Å². The molecule has 10 atom stereocenters. The average Bonchev–Trinajstić information content (AvgIpc) is 3.44. The van der Waals surface area contributed by atoms with Crippen LogP contribution in [-0.2, 0) is 28.6 Å². The number of ether oxygens (including phenoxy) is 3. The summed E-state index contributed by atoms with van der Waals surface area (Å²) in [7, 11) is 0. The lowest BCUT2D eigenvalue weighted by Gasteiger charge is -2.63. The number of nitrogens with one attached hydrogen (secondary N) is 3. The van der Waals surface area contributed by atoms with Crippen molar-refractivity contribution in [1.82, 2.24) is 20.9 Å². The van der Waals surface area contributed by atoms with E-state index in [2.05, 4.69) is 32.9 Å². The molecule has 0 aromatic carbocycles. The molecule has 2 aliphatic carbocycles. The minimum absolute atomic E-state index is 0.00276. The third-order valence-electron chi connectivity index (χ3n) is 11.9. The number of rotatable bonds is 10. The van der Waals surface area contributed by atoms with Crippen LogP contribution in [0.25, 0.3) is 0 Å². The number of nitrogens with zero attached hydrogens (tertiary/aromatic N) is 3. The lowest BCUT2D eigenvalue weighted by molar-refractivity contribution is -0.185. The number of hydrogen-bond donors (Lipinski definition) is 5. The van der Waals surface area contributed by atoms with Crippen molar-refractivity contribution in [3.8, 4) is 0 Å². The number of aliphatic hydroxyl groups is 2. The molecule has 2 saturated carbocycles. The number of morpholine rings is 1.